The summed E-state index contributed by atoms with van der Waals surface area (Å²) in [6.45, 7) is 4.60. The molecule has 0 spiro atoms. The molecule has 3 aliphatic rings. The highest BCUT2D eigenvalue weighted by Gasteiger charge is 2.44. The maximum atomic E-state index is 12.6. The third kappa shape index (κ3) is 3.28. The van der Waals surface area contributed by atoms with Gasteiger partial charge in [0.05, 0.1) is 0 Å². The zero-order chi connectivity index (χ0) is 17.3. The summed E-state index contributed by atoms with van der Waals surface area (Å²) in [6.07, 6.45) is 8.31. The third-order valence-corrected chi connectivity index (χ3v) is 5.78. The van der Waals surface area contributed by atoms with Crippen molar-refractivity contribution in [1.82, 2.24) is 15.1 Å². The number of amides is 4. The number of nitrogens with zero attached hydrogens (tertiary/aromatic N) is 2. The number of carbonyl (C=O) groups excluding carboxylic acids is 3. The Morgan fingerprint density at radius 3 is 2.50 bits per heavy atom. The lowest BCUT2D eigenvalue weighted by atomic mass is 9.96. The van der Waals surface area contributed by atoms with E-state index in [0.29, 0.717) is 31.3 Å². The molecule has 24 heavy (non-hydrogen) atoms. The zero-order valence-electron chi connectivity index (χ0n) is 14.8. The van der Waals surface area contributed by atoms with Crippen LogP contribution in [0.25, 0.3) is 0 Å². The van der Waals surface area contributed by atoms with Gasteiger partial charge in [0.15, 0.2) is 0 Å². The van der Waals surface area contributed by atoms with Gasteiger partial charge in [0, 0.05) is 25.6 Å². The molecule has 0 aromatic heterocycles. The number of hydrogen-bond acceptors (Lipinski definition) is 3. The first-order valence-corrected chi connectivity index (χ1v) is 9.34. The Kier molecular flexibility index (Phi) is 4.83. The monoisotopic (exact) mass is 335 g/mol. The molecule has 0 unspecified atom stereocenters. The highest BCUT2D eigenvalue weighted by atomic mass is 16.2. The molecule has 2 saturated heterocycles. The molecule has 1 N–H and O–H groups in total. The molecule has 0 aromatic carbocycles. The predicted octanol–water partition coefficient (Wildman–Crippen LogP) is 2.28. The molecule has 0 aromatic rings. The number of urea groups is 1. The molecule has 2 heterocycles. The van der Waals surface area contributed by atoms with Gasteiger partial charge in [0.25, 0.3) is 5.91 Å². The van der Waals surface area contributed by atoms with Gasteiger partial charge in [-0.2, -0.15) is 0 Å². The lowest BCUT2D eigenvalue weighted by Gasteiger charge is -2.29. The van der Waals surface area contributed by atoms with E-state index in [0.717, 1.165) is 19.4 Å². The van der Waals surface area contributed by atoms with Crippen LogP contribution in [0.2, 0.25) is 0 Å². The van der Waals surface area contributed by atoms with Crippen LogP contribution in [0.5, 0.6) is 0 Å². The minimum atomic E-state index is -0.830. The van der Waals surface area contributed by atoms with Crippen LogP contribution in [0, 0.1) is 5.92 Å². The summed E-state index contributed by atoms with van der Waals surface area (Å²) in [5, 5.41) is 2.67. The number of rotatable bonds is 5. The summed E-state index contributed by atoms with van der Waals surface area (Å²) in [6, 6.07) is 0.0816. The van der Waals surface area contributed by atoms with Crippen molar-refractivity contribution in [1.29, 1.82) is 0 Å². The van der Waals surface area contributed by atoms with Gasteiger partial charge < -0.3 is 10.2 Å². The van der Waals surface area contributed by atoms with Crippen molar-refractivity contribution < 1.29 is 14.4 Å². The smallest absolute Gasteiger partial charge is 0.325 e. The van der Waals surface area contributed by atoms with Crippen molar-refractivity contribution >= 4 is 17.8 Å². The van der Waals surface area contributed by atoms with Gasteiger partial charge in [-0.15, -0.1) is 0 Å². The minimum absolute atomic E-state index is 0.190. The Morgan fingerprint density at radius 2 is 1.88 bits per heavy atom. The second-order valence-electron chi connectivity index (χ2n) is 7.96. The molecule has 4 amide bonds. The second kappa shape index (κ2) is 6.73. The van der Waals surface area contributed by atoms with Gasteiger partial charge >= 0.3 is 6.03 Å². The molecule has 0 radical (unpaired) electrons. The van der Waals surface area contributed by atoms with Gasteiger partial charge in [0.2, 0.25) is 5.91 Å². The largest absolute Gasteiger partial charge is 0.339 e. The first-order chi connectivity index (χ1) is 11.4. The Labute approximate surface area is 143 Å². The fourth-order valence-electron chi connectivity index (χ4n) is 4.49. The van der Waals surface area contributed by atoms with E-state index in [4.69, 9.17) is 0 Å². The fraction of sp³-hybridized carbons (Fsp3) is 0.833. The first kappa shape index (κ1) is 17.2. The van der Waals surface area contributed by atoms with Crippen LogP contribution in [0.4, 0.5) is 4.79 Å². The number of hydrogen-bond donors (Lipinski definition) is 1. The van der Waals surface area contributed by atoms with Crippen LogP contribution >= 0.6 is 0 Å². The first-order valence-electron chi connectivity index (χ1n) is 9.34. The highest BCUT2D eigenvalue weighted by Crippen LogP contribution is 2.35. The van der Waals surface area contributed by atoms with E-state index in [2.05, 4.69) is 10.2 Å². The third-order valence-electron chi connectivity index (χ3n) is 5.78. The van der Waals surface area contributed by atoms with Gasteiger partial charge in [0.1, 0.15) is 5.54 Å². The predicted molar refractivity (Wildman–Crippen MR) is 90.3 cm³/mol. The Hall–Kier alpha value is -1.59. The Bertz CT molecular complexity index is 526. The van der Waals surface area contributed by atoms with Crippen molar-refractivity contribution in [3.8, 4) is 0 Å². The molecule has 3 fully saturated rings. The Morgan fingerprint density at radius 1 is 1.17 bits per heavy atom. The van der Waals surface area contributed by atoms with E-state index in [-0.39, 0.29) is 17.8 Å². The summed E-state index contributed by atoms with van der Waals surface area (Å²) < 4.78 is 0. The molecular weight excluding hydrogens is 306 g/mol. The van der Waals surface area contributed by atoms with Crippen molar-refractivity contribution in [2.75, 3.05) is 13.1 Å². The SMILES string of the molecule is CC1(C)NC(=O)N(CCCC(=O)N2CCC[C@H]2C2CCCC2)C1=O. The van der Waals surface area contributed by atoms with Gasteiger partial charge in [-0.25, -0.2) is 4.79 Å². The average molecular weight is 335 g/mol. The summed E-state index contributed by atoms with van der Waals surface area (Å²) >= 11 is 0. The topological polar surface area (TPSA) is 69.7 Å². The highest BCUT2D eigenvalue weighted by molar-refractivity contribution is 6.06. The van der Waals surface area contributed by atoms with Crippen LogP contribution in [0.15, 0.2) is 0 Å². The molecule has 3 rings (SSSR count). The summed E-state index contributed by atoms with van der Waals surface area (Å²) in [5.74, 6) is 0.670. The van der Waals surface area contributed by atoms with E-state index >= 15 is 0 Å². The molecule has 1 atom stereocenters. The van der Waals surface area contributed by atoms with Crippen LogP contribution in [-0.4, -0.2) is 52.3 Å². The van der Waals surface area contributed by atoms with Crippen molar-refractivity contribution in [2.45, 2.75) is 76.8 Å². The Balaban J connectivity index is 1.49. The quantitative estimate of drug-likeness (QED) is 0.784. The van der Waals surface area contributed by atoms with Crippen LogP contribution in [-0.2, 0) is 9.59 Å². The van der Waals surface area contributed by atoms with Crippen LogP contribution in [0.1, 0.15) is 65.2 Å². The van der Waals surface area contributed by atoms with E-state index in [1.807, 2.05) is 0 Å². The molecule has 1 saturated carbocycles. The fourth-order valence-corrected chi connectivity index (χ4v) is 4.49. The van der Waals surface area contributed by atoms with E-state index < -0.39 is 5.54 Å². The lowest BCUT2D eigenvalue weighted by molar-refractivity contribution is -0.134. The maximum Gasteiger partial charge on any atom is 0.325 e. The van der Waals surface area contributed by atoms with Crippen LogP contribution < -0.4 is 5.32 Å². The second-order valence-corrected chi connectivity index (χ2v) is 7.96. The summed E-state index contributed by atoms with van der Waals surface area (Å²) in [5.41, 5.74) is -0.830. The number of nitrogens with one attached hydrogen (secondary N) is 1. The summed E-state index contributed by atoms with van der Waals surface area (Å²) in [7, 11) is 0. The standard InChI is InChI=1S/C18H29N3O3/c1-18(2)16(23)21(17(24)19-18)12-6-10-15(22)20-11-5-9-14(20)13-7-3-4-8-13/h13-14H,3-12H2,1-2H3,(H,19,24)/t14-/m0/s1. The number of imide groups is 1. The molecule has 6 nitrogen and oxygen atoms in total. The van der Waals surface area contributed by atoms with E-state index in [1.165, 1.54) is 30.6 Å². The van der Waals surface area contributed by atoms with Gasteiger partial charge in [-0.3, -0.25) is 14.5 Å². The van der Waals surface area contributed by atoms with Crippen molar-refractivity contribution in [2.24, 2.45) is 5.92 Å². The lowest BCUT2D eigenvalue weighted by Crippen LogP contribution is -2.41. The molecular formula is C18H29N3O3. The van der Waals surface area contributed by atoms with Crippen molar-refractivity contribution in [3.63, 3.8) is 0 Å². The number of carbonyl (C=O) groups is 3. The maximum absolute atomic E-state index is 12.6. The van der Waals surface area contributed by atoms with E-state index in [9.17, 15) is 14.4 Å². The average Bonchev–Trinajstić information content (AvgIpc) is 3.22. The summed E-state index contributed by atoms with van der Waals surface area (Å²) in [4.78, 5) is 39.9. The van der Waals surface area contributed by atoms with Gasteiger partial charge in [-0.05, 0) is 51.9 Å². The van der Waals surface area contributed by atoms with Crippen LogP contribution in [0.3, 0.4) is 0 Å². The number of likely N-dealkylation sites (tertiary alicyclic amines) is 1. The zero-order valence-corrected chi connectivity index (χ0v) is 14.8. The molecule has 1 aliphatic carbocycles. The normalized spacial score (nSPS) is 27.2. The van der Waals surface area contributed by atoms with E-state index in [1.54, 1.807) is 13.8 Å². The molecule has 6 heteroatoms. The molecule has 134 valence electrons. The molecule has 0 bridgehead atoms. The van der Waals surface area contributed by atoms with Crippen molar-refractivity contribution in [3.05, 3.63) is 0 Å². The molecule has 2 aliphatic heterocycles. The minimum Gasteiger partial charge on any atom is -0.339 e. The van der Waals surface area contributed by atoms with Gasteiger partial charge in [-0.1, -0.05) is 12.8 Å².